The number of amides is 1. The van der Waals surface area contributed by atoms with Crippen molar-refractivity contribution >= 4 is 11.6 Å². The molecule has 3 rings (SSSR count). The third-order valence-electron chi connectivity index (χ3n) is 4.36. The topological polar surface area (TPSA) is 65.5 Å². The number of aliphatic hydroxyl groups is 1. The van der Waals surface area contributed by atoms with Crippen LogP contribution in [0.5, 0.6) is 0 Å². The first kappa shape index (κ1) is 13.4. The zero-order valence-electron chi connectivity index (χ0n) is 11.7. The first-order chi connectivity index (χ1) is 9.70. The number of carbonyl (C=O) groups excluding carboxylic acids is 1. The summed E-state index contributed by atoms with van der Waals surface area (Å²) in [6.45, 7) is 2.76. The van der Waals surface area contributed by atoms with E-state index in [0.29, 0.717) is 18.4 Å². The minimum atomic E-state index is -0.248. The summed E-state index contributed by atoms with van der Waals surface area (Å²) in [6.07, 6.45) is 6.56. The van der Waals surface area contributed by atoms with E-state index in [4.69, 9.17) is 0 Å². The molecule has 108 valence electrons. The first-order valence-corrected chi connectivity index (χ1v) is 7.39. The highest BCUT2D eigenvalue weighted by Gasteiger charge is 2.43. The number of rotatable bonds is 3. The van der Waals surface area contributed by atoms with E-state index in [0.717, 1.165) is 25.1 Å². The largest absolute Gasteiger partial charge is 0.393 e. The van der Waals surface area contributed by atoms with Gasteiger partial charge in [0, 0.05) is 24.8 Å². The Kier molecular flexibility index (Phi) is 3.61. The molecule has 0 radical (unpaired) electrons. The predicted octanol–water partition coefficient (Wildman–Crippen LogP) is 1.64. The summed E-state index contributed by atoms with van der Waals surface area (Å²) in [6, 6.07) is 2.17. The Hall–Kier alpha value is -1.62. The fourth-order valence-electron chi connectivity index (χ4n) is 3.53. The summed E-state index contributed by atoms with van der Waals surface area (Å²) in [5.74, 6) is 0.0720. The van der Waals surface area contributed by atoms with Gasteiger partial charge in [-0.25, -0.2) is 0 Å². The molecule has 2 fully saturated rings. The van der Waals surface area contributed by atoms with Crippen LogP contribution in [-0.2, 0) is 0 Å². The van der Waals surface area contributed by atoms with Gasteiger partial charge in [0.2, 0.25) is 0 Å². The SMILES string of the molecule is CCNc1cnccc1C(=O)N1C2CCC1CC(O)C2. The van der Waals surface area contributed by atoms with Gasteiger partial charge in [-0.15, -0.1) is 0 Å². The zero-order chi connectivity index (χ0) is 14.1. The number of fused-ring (bicyclic) bond motifs is 2. The summed E-state index contributed by atoms with van der Waals surface area (Å²) in [5, 5.41) is 13.0. The molecule has 1 amide bonds. The van der Waals surface area contributed by atoms with Crippen LogP contribution in [0.3, 0.4) is 0 Å². The molecule has 0 spiro atoms. The molecule has 5 nitrogen and oxygen atoms in total. The Morgan fingerprint density at radius 3 is 2.80 bits per heavy atom. The molecule has 1 aromatic heterocycles. The minimum Gasteiger partial charge on any atom is -0.393 e. The van der Waals surface area contributed by atoms with Crippen molar-refractivity contribution in [3.63, 3.8) is 0 Å². The maximum Gasteiger partial charge on any atom is 0.256 e. The van der Waals surface area contributed by atoms with Crippen LogP contribution in [0, 0.1) is 0 Å². The molecule has 2 bridgehead atoms. The maximum absolute atomic E-state index is 12.8. The molecule has 2 saturated heterocycles. The Labute approximate surface area is 119 Å². The number of piperidine rings is 1. The molecule has 2 N–H and O–H groups in total. The van der Waals surface area contributed by atoms with Gasteiger partial charge in [0.1, 0.15) is 0 Å². The summed E-state index contributed by atoms with van der Waals surface area (Å²) in [5.41, 5.74) is 1.49. The number of aromatic nitrogens is 1. The van der Waals surface area contributed by atoms with Crippen molar-refractivity contribution in [2.45, 2.75) is 50.8 Å². The van der Waals surface area contributed by atoms with E-state index in [2.05, 4.69) is 10.3 Å². The standard InChI is InChI=1S/C15H21N3O2/c1-2-17-14-9-16-6-5-13(14)15(20)18-10-3-4-11(18)8-12(19)7-10/h5-6,9-12,17,19H,2-4,7-8H2,1H3. The van der Waals surface area contributed by atoms with E-state index in [1.54, 1.807) is 18.5 Å². The summed E-state index contributed by atoms with van der Waals surface area (Å²) < 4.78 is 0. The number of carbonyl (C=O) groups is 1. The average molecular weight is 275 g/mol. The predicted molar refractivity (Wildman–Crippen MR) is 76.6 cm³/mol. The van der Waals surface area contributed by atoms with E-state index >= 15 is 0 Å². The molecule has 2 aliphatic rings. The van der Waals surface area contributed by atoms with Gasteiger partial charge in [0.25, 0.3) is 5.91 Å². The highest BCUT2D eigenvalue weighted by atomic mass is 16.3. The van der Waals surface area contributed by atoms with Crippen LogP contribution in [-0.4, -0.2) is 45.6 Å². The number of anilines is 1. The van der Waals surface area contributed by atoms with Crippen LogP contribution < -0.4 is 5.32 Å². The quantitative estimate of drug-likeness (QED) is 0.880. The third-order valence-corrected chi connectivity index (χ3v) is 4.36. The Morgan fingerprint density at radius 2 is 2.15 bits per heavy atom. The van der Waals surface area contributed by atoms with Crippen molar-refractivity contribution in [1.82, 2.24) is 9.88 Å². The molecule has 2 unspecified atom stereocenters. The lowest BCUT2D eigenvalue weighted by Gasteiger charge is -2.37. The van der Waals surface area contributed by atoms with Gasteiger partial charge in [-0.1, -0.05) is 0 Å². The van der Waals surface area contributed by atoms with E-state index in [1.165, 1.54) is 0 Å². The van der Waals surface area contributed by atoms with Crippen molar-refractivity contribution < 1.29 is 9.90 Å². The van der Waals surface area contributed by atoms with Gasteiger partial charge < -0.3 is 15.3 Å². The second-order valence-electron chi connectivity index (χ2n) is 5.67. The van der Waals surface area contributed by atoms with E-state index < -0.39 is 0 Å². The van der Waals surface area contributed by atoms with Gasteiger partial charge in [0.05, 0.1) is 23.6 Å². The smallest absolute Gasteiger partial charge is 0.256 e. The lowest BCUT2D eigenvalue weighted by molar-refractivity contribution is 0.0287. The Morgan fingerprint density at radius 1 is 1.45 bits per heavy atom. The van der Waals surface area contributed by atoms with Gasteiger partial charge in [-0.3, -0.25) is 9.78 Å². The van der Waals surface area contributed by atoms with Crippen molar-refractivity contribution in [3.05, 3.63) is 24.0 Å². The average Bonchev–Trinajstić information content (AvgIpc) is 2.71. The van der Waals surface area contributed by atoms with Gasteiger partial charge in [0.15, 0.2) is 0 Å². The van der Waals surface area contributed by atoms with E-state index in [-0.39, 0.29) is 24.1 Å². The van der Waals surface area contributed by atoms with Crippen LogP contribution >= 0.6 is 0 Å². The molecular formula is C15H21N3O2. The normalized spacial score (nSPS) is 28.5. The number of hydrogen-bond acceptors (Lipinski definition) is 4. The maximum atomic E-state index is 12.8. The lowest BCUT2D eigenvalue weighted by Crippen LogP contribution is -2.48. The molecule has 0 saturated carbocycles. The fourth-order valence-corrected chi connectivity index (χ4v) is 3.53. The highest BCUT2D eigenvalue weighted by molar-refractivity contribution is 6.00. The van der Waals surface area contributed by atoms with Crippen LogP contribution in [0.1, 0.15) is 43.0 Å². The number of nitrogens with one attached hydrogen (secondary N) is 1. The van der Waals surface area contributed by atoms with Crippen LogP contribution in [0.2, 0.25) is 0 Å². The molecule has 20 heavy (non-hydrogen) atoms. The molecule has 3 heterocycles. The highest BCUT2D eigenvalue weighted by Crippen LogP contribution is 2.37. The molecular weight excluding hydrogens is 254 g/mol. The van der Waals surface area contributed by atoms with E-state index in [9.17, 15) is 9.90 Å². The number of aliphatic hydroxyl groups excluding tert-OH is 1. The Bertz CT molecular complexity index is 492. The Balaban J connectivity index is 1.86. The van der Waals surface area contributed by atoms with Crippen LogP contribution in [0.25, 0.3) is 0 Å². The first-order valence-electron chi connectivity index (χ1n) is 7.39. The van der Waals surface area contributed by atoms with Gasteiger partial charge in [-0.2, -0.15) is 0 Å². The second kappa shape index (κ2) is 5.40. The monoisotopic (exact) mass is 275 g/mol. The van der Waals surface area contributed by atoms with Crippen molar-refractivity contribution in [1.29, 1.82) is 0 Å². The zero-order valence-corrected chi connectivity index (χ0v) is 11.7. The lowest BCUT2D eigenvalue weighted by atomic mass is 9.98. The third kappa shape index (κ3) is 2.26. The summed E-state index contributed by atoms with van der Waals surface area (Å²) in [7, 11) is 0. The van der Waals surface area contributed by atoms with Crippen molar-refractivity contribution in [2.75, 3.05) is 11.9 Å². The van der Waals surface area contributed by atoms with Crippen LogP contribution in [0.15, 0.2) is 18.5 Å². The number of pyridine rings is 1. The number of nitrogens with zero attached hydrogens (tertiary/aromatic N) is 2. The van der Waals surface area contributed by atoms with Crippen molar-refractivity contribution in [2.24, 2.45) is 0 Å². The summed E-state index contributed by atoms with van der Waals surface area (Å²) in [4.78, 5) is 18.9. The number of hydrogen-bond donors (Lipinski definition) is 2. The second-order valence-corrected chi connectivity index (χ2v) is 5.67. The van der Waals surface area contributed by atoms with E-state index in [1.807, 2.05) is 11.8 Å². The molecule has 0 aliphatic carbocycles. The molecule has 5 heteroatoms. The summed E-state index contributed by atoms with van der Waals surface area (Å²) >= 11 is 0. The van der Waals surface area contributed by atoms with Crippen LogP contribution in [0.4, 0.5) is 5.69 Å². The van der Waals surface area contributed by atoms with Gasteiger partial charge >= 0.3 is 0 Å². The fraction of sp³-hybridized carbons (Fsp3) is 0.600. The molecule has 0 aromatic carbocycles. The minimum absolute atomic E-state index is 0.0720. The van der Waals surface area contributed by atoms with Gasteiger partial charge in [-0.05, 0) is 38.7 Å². The van der Waals surface area contributed by atoms with Crippen molar-refractivity contribution in [3.8, 4) is 0 Å². The molecule has 1 aromatic rings. The molecule has 2 aliphatic heterocycles. The molecule has 2 atom stereocenters.